The molecule has 2 N–H and O–H groups in total. The highest BCUT2D eigenvalue weighted by molar-refractivity contribution is 5.95. The van der Waals surface area contributed by atoms with Crippen LogP contribution in [0, 0.1) is 6.92 Å². The molecule has 1 aromatic rings. The van der Waals surface area contributed by atoms with E-state index < -0.39 is 0 Å². The number of pyridine rings is 1. The van der Waals surface area contributed by atoms with Gasteiger partial charge in [-0.2, -0.15) is 0 Å². The Labute approximate surface area is 119 Å². The highest BCUT2D eigenvalue weighted by Crippen LogP contribution is 2.22. The maximum atomic E-state index is 12.6. The zero-order valence-corrected chi connectivity index (χ0v) is 12.0. The molecule has 2 aliphatic heterocycles. The van der Waals surface area contributed by atoms with Crippen molar-refractivity contribution in [3.63, 3.8) is 0 Å². The lowest BCUT2D eigenvalue weighted by Gasteiger charge is -2.44. The third-order valence-corrected chi connectivity index (χ3v) is 4.34. The molecule has 0 bridgehead atoms. The number of rotatable bonds is 1. The van der Waals surface area contributed by atoms with Crippen molar-refractivity contribution in [2.24, 2.45) is 0 Å². The molecule has 3 heterocycles. The van der Waals surface area contributed by atoms with Crippen molar-refractivity contribution >= 4 is 11.7 Å². The molecule has 0 radical (unpaired) electrons. The number of fused-ring (bicyclic) bond motifs is 1. The molecule has 20 heavy (non-hydrogen) atoms. The van der Waals surface area contributed by atoms with Crippen molar-refractivity contribution < 1.29 is 4.79 Å². The van der Waals surface area contributed by atoms with E-state index in [4.69, 9.17) is 5.73 Å². The van der Waals surface area contributed by atoms with Crippen LogP contribution in [0.15, 0.2) is 12.1 Å². The summed E-state index contributed by atoms with van der Waals surface area (Å²) in [5.41, 5.74) is 7.20. The zero-order chi connectivity index (χ0) is 14.1. The third-order valence-electron chi connectivity index (χ3n) is 4.34. The normalized spacial score (nSPS) is 23.4. The molecule has 0 aliphatic carbocycles. The standard InChI is InChI=1S/C15H22N4O/c1-11-8-12(9-14(16)17-11)15(20)19-7-6-18-5-3-2-4-13(18)10-19/h8-9,13H,2-7,10H2,1H3,(H2,16,17). The van der Waals surface area contributed by atoms with E-state index in [9.17, 15) is 4.79 Å². The molecule has 1 aromatic heterocycles. The molecule has 5 nitrogen and oxygen atoms in total. The van der Waals surface area contributed by atoms with Gasteiger partial charge in [-0.1, -0.05) is 6.42 Å². The summed E-state index contributed by atoms with van der Waals surface area (Å²) in [6.45, 7) is 5.72. The lowest BCUT2D eigenvalue weighted by Crippen LogP contribution is -2.56. The molecular formula is C15H22N4O. The first-order valence-electron chi connectivity index (χ1n) is 7.41. The maximum absolute atomic E-state index is 12.6. The summed E-state index contributed by atoms with van der Waals surface area (Å²) in [5.74, 6) is 0.511. The van der Waals surface area contributed by atoms with Gasteiger partial charge >= 0.3 is 0 Å². The number of nitrogens with two attached hydrogens (primary N) is 1. The molecule has 2 aliphatic rings. The van der Waals surface area contributed by atoms with Crippen molar-refractivity contribution in [3.05, 3.63) is 23.4 Å². The Morgan fingerprint density at radius 2 is 2.15 bits per heavy atom. The SMILES string of the molecule is Cc1cc(C(=O)N2CCN3CCCCC3C2)cc(N)n1. The van der Waals surface area contributed by atoms with Gasteiger partial charge in [0.05, 0.1) is 0 Å². The van der Waals surface area contributed by atoms with Crippen LogP contribution in [0.2, 0.25) is 0 Å². The Hall–Kier alpha value is -1.62. The van der Waals surface area contributed by atoms with Gasteiger partial charge < -0.3 is 10.6 Å². The minimum atomic E-state index is 0.0902. The second-order valence-electron chi connectivity index (χ2n) is 5.86. The predicted molar refractivity (Wildman–Crippen MR) is 78.5 cm³/mol. The number of hydrogen-bond donors (Lipinski definition) is 1. The van der Waals surface area contributed by atoms with Gasteiger partial charge in [-0.25, -0.2) is 4.98 Å². The molecule has 5 heteroatoms. The molecular weight excluding hydrogens is 252 g/mol. The quantitative estimate of drug-likeness (QED) is 0.838. The first-order chi connectivity index (χ1) is 9.63. The van der Waals surface area contributed by atoms with Gasteiger partial charge in [-0.15, -0.1) is 0 Å². The Balaban J connectivity index is 1.74. The van der Waals surface area contributed by atoms with E-state index in [0.717, 1.165) is 25.3 Å². The van der Waals surface area contributed by atoms with Gasteiger partial charge in [0.2, 0.25) is 0 Å². The van der Waals surface area contributed by atoms with E-state index in [1.807, 2.05) is 17.9 Å². The first kappa shape index (κ1) is 13.4. The zero-order valence-electron chi connectivity index (χ0n) is 12.0. The second-order valence-corrected chi connectivity index (χ2v) is 5.86. The summed E-state index contributed by atoms with van der Waals surface area (Å²) in [6.07, 6.45) is 3.79. The average Bonchev–Trinajstić information content (AvgIpc) is 2.45. The topological polar surface area (TPSA) is 62.5 Å². The molecule has 1 amide bonds. The predicted octanol–water partition coefficient (Wildman–Crippen LogP) is 1.28. The van der Waals surface area contributed by atoms with Gasteiger partial charge in [0.1, 0.15) is 5.82 Å². The molecule has 108 valence electrons. The second kappa shape index (κ2) is 5.40. The Kier molecular flexibility index (Phi) is 3.61. The Morgan fingerprint density at radius 3 is 2.95 bits per heavy atom. The lowest BCUT2D eigenvalue weighted by molar-refractivity contribution is 0.0372. The number of aromatic nitrogens is 1. The largest absolute Gasteiger partial charge is 0.384 e. The molecule has 2 saturated heterocycles. The van der Waals surface area contributed by atoms with Gasteiger partial charge in [-0.3, -0.25) is 9.69 Å². The Bertz CT molecular complexity index is 496. The van der Waals surface area contributed by atoms with Crippen molar-refractivity contribution in [1.82, 2.24) is 14.8 Å². The fourth-order valence-corrected chi connectivity index (χ4v) is 3.34. The van der Waals surface area contributed by atoms with Gasteiger partial charge in [0, 0.05) is 36.9 Å². The van der Waals surface area contributed by atoms with Crippen LogP contribution in [0.3, 0.4) is 0 Å². The van der Waals surface area contributed by atoms with Crippen LogP contribution in [0.5, 0.6) is 0 Å². The molecule has 2 fully saturated rings. The fourth-order valence-electron chi connectivity index (χ4n) is 3.34. The monoisotopic (exact) mass is 274 g/mol. The number of carbonyl (C=O) groups excluding carboxylic acids is 1. The number of aryl methyl sites for hydroxylation is 1. The summed E-state index contributed by atoms with van der Waals surface area (Å²) in [5, 5.41) is 0. The Morgan fingerprint density at radius 1 is 1.30 bits per heavy atom. The lowest BCUT2D eigenvalue weighted by atomic mass is 9.99. The fraction of sp³-hybridized carbons (Fsp3) is 0.600. The highest BCUT2D eigenvalue weighted by atomic mass is 16.2. The van der Waals surface area contributed by atoms with Crippen molar-refractivity contribution in [1.29, 1.82) is 0 Å². The van der Waals surface area contributed by atoms with E-state index in [-0.39, 0.29) is 5.91 Å². The minimum absolute atomic E-state index is 0.0902. The molecule has 1 unspecified atom stereocenters. The molecule has 3 rings (SSSR count). The van der Waals surface area contributed by atoms with Crippen LogP contribution in [0.1, 0.15) is 35.3 Å². The van der Waals surface area contributed by atoms with E-state index in [0.29, 0.717) is 17.4 Å². The van der Waals surface area contributed by atoms with Crippen molar-refractivity contribution in [3.8, 4) is 0 Å². The van der Waals surface area contributed by atoms with Crippen LogP contribution in [0.25, 0.3) is 0 Å². The summed E-state index contributed by atoms with van der Waals surface area (Å²) in [7, 11) is 0. The number of nitrogens with zero attached hydrogens (tertiary/aromatic N) is 3. The number of anilines is 1. The van der Waals surface area contributed by atoms with Gasteiger partial charge in [0.15, 0.2) is 0 Å². The van der Waals surface area contributed by atoms with Crippen LogP contribution in [0.4, 0.5) is 5.82 Å². The van der Waals surface area contributed by atoms with Crippen LogP contribution < -0.4 is 5.73 Å². The number of carbonyl (C=O) groups is 1. The highest BCUT2D eigenvalue weighted by Gasteiger charge is 2.31. The number of nitrogen functional groups attached to an aromatic ring is 1. The van der Waals surface area contributed by atoms with Gasteiger partial charge in [0.25, 0.3) is 5.91 Å². The maximum Gasteiger partial charge on any atom is 0.254 e. The molecule has 0 aromatic carbocycles. The summed E-state index contributed by atoms with van der Waals surface area (Å²) < 4.78 is 0. The van der Waals surface area contributed by atoms with Crippen LogP contribution >= 0.6 is 0 Å². The third kappa shape index (κ3) is 2.63. The van der Waals surface area contributed by atoms with E-state index in [2.05, 4.69) is 9.88 Å². The van der Waals surface area contributed by atoms with Crippen LogP contribution in [-0.4, -0.2) is 52.9 Å². The average molecular weight is 274 g/mol. The van der Waals surface area contributed by atoms with Crippen molar-refractivity contribution in [2.45, 2.75) is 32.2 Å². The first-order valence-corrected chi connectivity index (χ1v) is 7.41. The summed E-state index contributed by atoms with van der Waals surface area (Å²) in [6, 6.07) is 4.05. The van der Waals surface area contributed by atoms with Gasteiger partial charge in [-0.05, 0) is 38.4 Å². The molecule has 1 atom stereocenters. The van der Waals surface area contributed by atoms with Crippen LogP contribution in [-0.2, 0) is 0 Å². The van der Waals surface area contributed by atoms with E-state index in [1.165, 1.54) is 25.8 Å². The van der Waals surface area contributed by atoms with E-state index >= 15 is 0 Å². The molecule has 0 saturated carbocycles. The number of amides is 1. The minimum Gasteiger partial charge on any atom is -0.384 e. The van der Waals surface area contributed by atoms with E-state index in [1.54, 1.807) is 6.07 Å². The number of piperidine rings is 1. The molecule has 0 spiro atoms. The summed E-state index contributed by atoms with van der Waals surface area (Å²) >= 11 is 0. The smallest absolute Gasteiger partial charge is 0.254 e. The summed E-state index contributed by atoms with van der Waals surface area (Å²) in [4.78, 5) is 21.2. The van der Waals surface area contributed by atoms with Crippen molar-refractivity contribution in [2.75, 3.05) is 31.9 Å². The number of piperazine rings is 1. The number of hydrogen-bond acceptors (Lipinski definition) is 4.